The zero-order chi connectivity index (χ0) is 32.2. The number of fused-ring (bicyclic) bond motifs is 6. The number of hydrogen-bond donors (Lipinski definition) is 1. The van der Waals surface area contributed by atoms with Crippen LogP contribution in [0.4, 0.5) is 11.4 Å². The van der Waals surface area contributed by atoms with E-state index in [0.717, 1.165) is 0 Å². The molecule has 0 fully saturated rings. The van der Waals surface area contributed by atoms with Crippen LogP contribution in [0.1, 0.15) is 0 Å². The Hall–Kier alpha value is -4.87. The highest BCUT2D eigenvalue weighted by atomic mass is 32.2. The number of quaternary nitrogens is 1. The molecule has 9 rings (SSSR count). The van der Waals surface area contributed by atoms with Crippen molar-refractivity contribution in [3.8, 4) is 0 Å². The van der Waals surface area contributed by atoms with Gasteiger partial charge in [-0.1, -0.05) is 127 Å². The lowest BCUT2D eigenvalue weighted by Gasteiger charge is -2.32. The minimum atomic E-state index is 0.361. The van der Waals surface area contributed by atoms with Crippen molar-refractivity contribution in [3.05, 3.63) is 171 Å². The van der Waals surface area contributed by atoms with Gasteiger partial charge >= 0.3 is 0 Å². The fourth-order valence-corrected chi connectivity index (χ4v) is 9.83. The van der Waals surface area contributed by atoms with E-state index in [4.69, 9.17) is 0 Å². The van der Waals surface area contributed by atoms with E-state index >= 15 is 0 Å². The highest BCUT2D eigenvalue weighted by Gasteiger charge is 2.32. The Bertz CT molecular complexity index is 2600. The smallest absolute Gasteiger partial charge is 0.219 e. The molecule has 2 aliphatic heterocycles. The first-order chi connectivity index (χ1) is 23.6. The summed E-state index contributed by atoms with van der Waals surface area (Å²) >= 11 is 3.76. The molecule has 0 saturated heterocycles. The van der Waals surface area contributed by atoms with Crippen molar-refractivity contribution in [2.45, 2.75) is 20.7 Å². The van der Waals surface area contributed by atoms with Crippen molar-refractivity contribution in [1.29, 1.82) is 0 Å². The first-order valence-corrected chi connectivity index (χ1v) is 18.1. The number of nitrogens with one attached hydrogen (secondary N) is 1. The number of nitrogens with zero attached hydrogens (tertiary/aromatic N) is 1. The molecule has 4 heteroatoms. The largest absolute Gasteiger partial charge is 0.294 e. The molecule has 2 nitrogen and oxygen atoms in total. The fraction of sp³-hybridized carbons (Fsp3) is 0.0682. The van der Waals surface area contributed by atoms with Gasteiger partial charge in [0.25, 0.3) is 0 Å². The summed E-state index contributed by atoms with van der Waals surface area (Å²) in [4.78, 5) is 6.77. The van der Waals surface area contributed by atoms with Gasteiger partial charge in [0, 0.05) is 18.2 Å². The van der Waals surface area contributed by atoms with E-state index < -0.39 is 0 Å². The lowest BCUT2D eigenvalue weighted by molar-refractivity contribution is -0.826. The summed E-state index contributed by atoms with van der Waals surface area (Å²) in [5, 5.41) is 10.0. The van der Waals surface area contributed by atoms with Crippen LogP contribution in [0.5, 0.6) is 0 Å². The highest BCUT2D eigenvalue weighted by Crippen LogP contribution is 2.39. The van der Waals surface area contributed by atoms with Gasteiger partial charge in [-0.3, -0.25) is 4.90 Å². The number of rotatable bonds is 2. The molecule has 6 aromatic carbocycles. The number of allylic oxidation sites excluding steroid dienone is 4. The Kier molecular flexibility index (Phi) is 7.31. The van der Waals surface area contributed by atoms with Crippen LogP contribution < -0.4 is 30.5 Å². The van der Waals surface area contributed by atoms with Gasteiger partial charge in [-0.05, 0) is 79.2 Å². The molecule has 0 amide bonds. The predicted octanol–water partition coefficient (Wildman–Crippen LogP) is 6.65. The number of thioether (sulfide) groups is 1. The zero-order valence-corrected chi connectivity index (χ0v) is 28.5. The van der Waals surface area contributed by atoms with Crippen molar-refractivity contribution in [2.75, 3.05) is 14.1 Å². The van der Waals surface area contributed by atoms with Crippen molar-refractivity contribution in [1.82, 2.24) is 4.58 Å². The summed E-state index contributed by atoms with van der Waals surface area (Å²) in [5.41, 5.74) is 3.87. The Morgan fingerprint density at radius 3 is 1.98 bits per heavy atom. The molecule has 0 bridgehead atoms. The Morgan fingerprint density at radius 1 is 0.625 bits per heavy atom. The molecule has 2 atom stereocenters. The number of hydrogen-bond acceptors (Lipinski definition) is 2. The van der Waals surface area contributed by atoms with Gasteiger partial charge in [-0.2, -0.15) is 4.58 Å². The van der Waals surface area contributed by atoms with Gasteiger partial charge < -0.3 is 0 Å². The van der Waals surface area contributed by atoms with E-state index in [1.807, 2.05) is 23.5 Å². The van der Waals surface area contributed by atoms with E-state index in [0.29, 0.717) is 6.04 Å². The summed E-state index contributed by atoms with van der Waals surface area (Å²) in [6.07, 6.45) is 16.2. The lowest BCUT2D eigenvalue weighted by atomic mass is 9.96. The molecule has 3 aliphatic rings. The second kappa shape index (κ2) is 12.0. The van der Waals surface area contributed by atoms with Crippen LogP contribution in [0, 0.1) is 0 Å². The zero-order valence-electron chi connectivity index (χ0n) is 26.9. The van der Waals surface area contributed by atoms with Crippen molar-refractivity contribution >= 4 is 74.7 Å². The normalized spacial score (nSPS) is 19.0. The van der Waals surface area contributed by atoms with Gasteiger partial charge in [0.1, 0.15) is 18.8 Å². The number of likely N-dealkylation sites (N-methyl/N-ethyl adjacent to an activating group) is 1. The van der Waals surface area contributed by atoms with E-state index in [1.54, 1.807) is 0 Å². The molecule has 0 spiro atoms. The summed E-state index contributed by atoms with van der Waals surface area (Å²) in [6.45, 7) is 0. The third-order valence-corrected chi connectivity index (χ3v) is 12.1. The SMILES string of the molecule is C[N+]1=c2cc/c(=C\C=c3c4ccccc4c(=C/C=C4\C=CC5C(=C4)Sc4ccccc4[NH+]5C)c4ccccc34)cc2Sc2ccccc21. The van der Waals surface area contributed by atoms with Crippen LogP contribution >= 0.6 is 23.5 Å². The second-order valence-electron chi connectivity index (χ2n) is 12.6. The molecule has 230 valence electrons. The lowest BCUT2D eigenvalue weighted by Crippen LogP contribution is -3.09. The molecular formula is C44H34N2S2+2. The molecule has 2 unspecified atom stereocenters. The van der Waals surface area contributed by atoms with Gasteiger partial charge in [0.2, 0.25) is 11.0 Å². The van der Waals surface area contributed by atoms with Crippen LogP contribution in [0.3, 0.4) is 0 Å². The predicted molar refractivity (Wildman–Crippen MR) is 205 cm³/mol. The van der Waals surface area contributed by atoms with Crippen LogP contribution in [-0.2, 0) is 0 Å². The Labute approximate surface area is 288 Å². The molecule has 0 aromatic heterocycles. The summed E-state index contributed by atoms with van der Waals surface area (Å²) in [7, 11) is 4.43. The molecule has 2 heterocycles. The molecular weight excluding hydrogens is 621 g/mol. The number of benzene rings is 6. The van der Waals surface area contributed by atoms with Gasteiger partial charge in [-0.15, -0.1) is 0 Å². The number of para-hydroxylation sites is 2. The molecule has 48 heavy (non-hydrogen) atoms. The van der Waals surface area contributed by atoms with E-state index in [-0.39, 0.29) is 0 Å². The molecule has 6 aromatic rings. The van der Waals surface area contributed by atoms with Crippen LogP contribution in [0.15, 0.2) is 165 Å². The third kappa shape index (κ3) is 5.00. The Morgan fingerprint density at radius 2 is 1.25 bits per heavy atom. The van der Waals surface area contributed by atoms with E-state index in [9.17, 15) is 0 Å². The van der Waals surface area contributed by atoms with Crippen LogP contribution in [0.25, 0.3) is 39.8 Å². The topological polar surface area (TPSA) is 7.45 Å². The van der Waals surface area contributed by atoms with Gasteiger partial charge in [0.05, 0.1) is 26.6 Å². The summed E-state index contributed by atoms with van der Waals surface area (Å²) < 4.78 is 2.30. The van der Waals surface area contributed by atoms with E-state index in [2.05, 4.69) is 176 Å². The quantitative estimate of drug-likeness (QED) is 0.165. The first kappa shape index (κ1) is 29.3. The van der Waals surface area contributed by atoms with Gasteiger partial charge in [0.15, 0.2) is 0 Å². The summed E-state index contributed by atoms with van der Waals surface area (Å²) in [6, 6.07) is 42.3. The third-order valence-electron chi connectivity index (χ3n) is 9.79. The van der Waals surface area contributed by atoms with Crippen LogP contribution in [0.2, 0.25) is 0 Å². The molecule has 0 radical (unpaired) electrons. The minimum Gasteiger partial charge on any atom is -0.294 e. The second-order valence-corrected chi connectivity index (χ2v) is 14.8. The summed E-state index contributed by atoms with van der Waals surface area (Å²) in [5.74, 6) is 0. The first-order valence-electron chi connectivity index (χ1n) is 16.4. The average Bonchev–Trinajstić information content (AvgIpc) is 3.13. The van der Waals surface area contributed by atoms with Crippen molar-refractivity contribution in [3.63, 3.8) is 0 Å². The average molecular weight is 655 g/mol. The highest BCUT2D eigenvalue weighted by molar-refractivity contribution is 8.03. The molecule has 1 aliphatic carbocycles. The van der Waals surface area contributed by atoms with Crippen molar-refractivity contribution < 1.29 is 4.90 Å². The van der Waals surface area contributed by atoms with Gasteiger partial charge in [-0.25, -0.2) is 0 Å². The Balaban J connectivity index is 1.17. The van der Waals surface area contributed by atoms with Crippen molar-refractivity contribution in [2.24, 2.45) is 0 Å². The van der Waals surface area contributed by atoms with E-state index in [1.165, 1.54) is 84.0 Å². The monoisotopic (exact) mass is 654 g/mol. The maximum atomic E-state index is 2.37. The minimum absolute atomic E-state index is 0.361. The molecule has 1 N–H and O–H groups in total. The standard InChI is InChI=1S/C44H33N2S2/c1-45-37-15-7-9-17-41(37)47-43-27-29(21-25-39(43)45)19-23-35-31-11-3-5-13-33(31)36(34-14-6-4-12-32(34)35)24-20-30-22-26-40-44(28-30)48-42-18-10-8-16-38(42)46(40)2/h3-28,39H,1-2H3/q+1/p+1/b29-19+,30-20+,35-23?,36-24?. The maximum Gasteiger partial charge on any atom is 0.219 e. The fourth-order valence-electron chi connectivity index (χ4n) is 7.31. The maximum absolute atomic E-state index is 2.37. The molecule has 0 saturated carbocycles. The van der Waals surface area contributed by atoms with Crippen LogP contribution in [-0.4, -0.2) is 20.1 Å².